The predicted octanol–water partition coefficient (Wildman–Crippen LogP) is 0.148. The first-order valence-corrected chi connectivity index (χ1v) is 5.78. The van der Waals surface area contributed by atoms with Gasteiger partial charge in [-0.1, -0.05) is 12.1 Å². The molecule has 0 unspecified atom stereocenters. The Morgan fingerprint density at radius 2 is 1.94 bits per heavy atom. The Kier molecular flexibility index (Phi) is 2.47. The minimum absolute atomic E-state index is 0.0180. The number of nitrogens with zero attached hydrogens (tertiary/aromatic N) is 3. The van der Waals surface area contributed by atoms with Gasteiger partial charge in [-0.3, -0.25) is 4.79 Å². The van der Waals surface area contributed by atoms with Crippen molar-refractivity contribution in [2.24, 2.45) is 0 Å². The number of benzene rings is 1. The smallest absolute Gasteiger partial charge is 0.239 e. The monoisotopic (exact) mass is 243 g/mol. The van der Waals surface area contributed by atoms with Crippen LogP contribution in [-0.2, 0) is 4.79 Å². The van der Waals surface area contributed by atoms with Gasteiger partial charge in [-0.15, -0.1) is 0 Å². The number of para-hydroxylation sites is 2. The van der Waals surface area contributed by atoms with E-state index in [-0.39, 0.29) is 12.5 Å². The number of nitrogen functional groups attached to an aromatic ring is 1. The van der Waals surface area contributed by atoms with Gasteiger partial charge in [0, 0.05) is 13.1 Å². The molecule has 92 valence electrons. The summed E-state index contributed by atoms with van der Waals surface area (Å²) in [6.45, 7) is 1.58. The summed E-state index contributed by atoms with van der Waals surface area (Å²) in [4.78, 5) is 22.0. The highest BCUT2D eigenvalue weighted by Gasteiger charge is 2.20. The average molecular weight is 243 g/mol. The van der Waals surface area contributed by atoms with Crippen molar-refractivity contribution in [2.45, 2.75) is 0 Å². The molecule has 3 rings (SSSR count). The van der Waals surface area contributed by atoms with E-state index < -0.39 is 0 Å². The fourth-order valence-electron chi connectivity index (χ4n) is 2.06. The van der Waals surface area contributed by atoms with Gasteiger partial charge in [0.1, 0.15) is 0 Å². The van der Waals surface area contributed by atoms with Gasteiger partial charge in [0.15, 0.2) is 11.6 Å². The number of aromatic nitrogens is 2. The molecule has 2 heterocycles. The van der Waals surface area contributed by atoms with Crippen LogP contribution in [-0.4, -0.2) is 35.5 Å². The quantitative estimate of drug-likeness (QED) is 0.744. The lowest BCUT2D eigenvalue weighted by molar-refractivity contribution is -0.120. The Morgan fingerprint density at radius 1 is 1.22 bits per heavy atom. The standard InChI is InChI=1S/C12H13N5O/c13-11-12(17-6-5-14-10(18)7-17)16-9-4-2-1-3-8(9)15-11/h1-4H,5-7H2,(H2,13,15)(H,14,18). The molecule has 0 spiro atoms. The van der Waals surface area contributed by atoms with Crippen molar-refractivity contribution in [2.75, 3.05) is 30.3 Å². The molecule has 0 atom stereocenters. The molecule has 1 amide bonds. The predicted molar refractivity (Wildman–Crippen MR) is 69.2 cm³/mol. The van der Waals surface area contributed by atoms with Crippen LogP contribution in [0.1, 0.15) is 0 Å². The molecular weight excluding hydrogens is 230 g/mol. The van der Waals surface area contributed by atoms with Crippen molar-refractivity contribution in [3.63, 3.8) is 0 Å². The van der Waals surface area contributed by atoms with Crippen molar-refractivity contribution in [3.8, 4) is 0 Å². The molecule has 1 fully saturated rings. The van der Waals surface area contributed by atoms with E-state index in [1.807, 2.05) is 29.2 Å². The summed E-state index contributed by atoms with van der Waals surface area (Å²) >= 11 is 0. The Morgan fingerprint density at radius 3 is 2.67 bits per heavy atom. The van der Waals surface area contributed by atoms with Crippen LogP contribution >= 0.6 is 0 Å². The molecule has 1 saturated heterocycles. The highest BCUT2D eigenvalue weighted by atomic mass is 16.2. The number of rotatable bonds is 1. The van der Waals surface area contributed by atoms with Gasteiger partial charge in [-0.2, -0.15) is 0 Å². The lowest BCUT2D eigenvalue weighted by Crippen LogP contribution is -2.48. The zero-order valence-electron chi connectivity index (χ0n) is 9.76. The molecule has 6 nitrogen and oxygen atoms in total. The molecule has 0 aliphatic carbocycles. The van der Waals surface area contributed by atoms with E-state index in [0.717, 1.165) is 11.0 Å². The van der Waals surface area contributed by atoms with Crippen LogP contribution in [0, 0.1) is 0 Å². The van der Waals surface area contributed by atoms with E-state index >= 15 is 0 Å². The number of carbonyl (C=O) groups is 1. The minimum Gasteiger partial charge on any atom is -0.381 e. The molecule has 6 heteroatoms. The Balaban J connectivity index is 2.05. The number of hydrogen-bond acceptors (Lipinski definition) is 5. The summed E-state index contributed by atoms with van der Waals surface area (Å²) in [5, 5.41) is 2.77. The minimum atomic E-state index is -0.0180. The van der Waals surface area contributed by atoms with Crippen LogP contribution < -0.4 is 16.0 Å². The summed E-state index contributed by atoms with van der Waals surface area (Å²) in [6.07, 6.45) is 0. The second kappa shape index (κ2) is 4.14. The summed E-state index contributed by atoms with van der Waals surface area (Å²) in [5.74, 6) is 0.933. The maximum Gasteiger partial charge on any atom is 0.239 e. The fourth-order valence-corrected chi connectivity index (χ4v) is 2.06. The number of carbonyl (C=O) groups excluding carboxylic acids is 1. The zero-order chi connectivity index (χ0) is 12.5. The number of fused-ring (bicyclic) bond motifs is 1. The van der Waals surface area contributed by atoms with E-state index in [2.05, 4.69) is 15.3 Å². The van der Waals surface area contributed by atoms with Crippen LogP contribution in [0.3, 0.4) is 0 Å². The number of hydrogen-bond donors (Lipinski definition) is 2. The third-order valence-corrected chi connectivity index (χ3v) is 2.92. The molecule has 3 N–H and O–H groups in total. The van der Waals surface area contributed by atoms with Crippen LogP contribution in [0.2, 0.25) is 0 Å². The average Bonchev–Trinajstić information content (AvgIpc) is 2.38. The van der Waals surface area contributed by atoms with Crippen LogP contribution in [0.4, 0.5) is 11.6 Å². The highest BCUT2D eigenvalue weighted by molar-refractivity contribution is 5.85. The summed E-state index contributed by atoms with van der Waals surface area (Å²) in [7, 11) is 0. The van der Waals surface area contributed by atoms with E-state index in [4.69, 9.17) is 5.73 Å². The van der Waals surface area contributed by atoms with E-state index in [1.54, 1.807) is 0 Å². The molecule has 1 aliphatic heterocycles. The maximum atomic E-state index is 11.4. The van der Waals surface area contributed by atoms with Crippen molar-refractivity contribution in [3.05, 3.63) is 24.3 Å². The van der Waals surface area contributed by atoms with E-state index in [9.17, 15) is 4.79 Å². The van der Waals surface area contributed by atoms with Crippen molar-refractivity contribution < 1.29 is 4.79 Å². The van der Waals surface area contributed by atoms with Gasteiger partial charge in [-0.05, 0) is 12.1 Å². The normalized spacial score (nSPS) is 15.8. The van der Waals surface area contributed by atoms with Gasteiger partial charge >= 0.3 is 0 Å². The van der Waals surface area contributed by atoms with E-state index in [1.165, 1.54) is 0 Å². The largest absolute Gasteiger partial charge is 0.381 e. The molecule has 1 aliphatic rings. The molecule has 0 saturated carbocycles. The number of piperazine rings is 1. The molecule has 1 aromatic heterocycles. The lowest BCUT2D eigenvalue weighted by Gasteiger charge is -2.28. The van der Waals surface area contributed by atoms with Crippen LogP contribution in [0.15, 0.2) is 24.3 Å². The molecule has 18 heavy (non-hydrogen) atoms. The molecule has 0 bridgehead atoms. The van der Waals surface area contributed by atoms with Gasteiger partial charge in [0.25, 0.3) is 0 Å². The van der Waals surface area contributed by atoms with Crippen molar-refractivity contribution >= 4 is 28.6 Å². The molecular formula is C12H13N5O. The Bertz CT molecular complexity index is 612. The van der Waals surface area contributed by atoms with Crippen molar-refractivity contribution in [1.82, 2.24) is 15.3 Å². The van der Waals surface area contributed by atoms with E-state index in [0.29, 0.717) is 24.7 Å². The van der Waals surface area contributed by atoms with Gasteiger partial charge in [-0.25, -0.2) is 9.97 Å². The van der Waals surface area contributed by atoms with Crippen LogP contribution in [0.25, 0.3) is 11.0 Å². The number of nitrogens with two attached hydrogens (primary N) is 1. The molecule has 0 radical (unpaired) electrons. The molecule has 2 aromatic rings. The Labute approximate surface area is 104 Å². The SMILES string of the molecule is Nc1nc2ccccc2nc1N1CCNC(=O)C1. The second-order valence-electron chi connectivity index (χ2n) is 4.19. The first-order chi connectivity index (χ1) is 8.74. The van der Waals surface area contributed by atoms with Gasteiger partial charge in [0.05, 0.1) is 17.6 Å². The lowest BCUT2D eigenvalue weighted by atomic mass is 10.3. The van der Waals surface area contributed by atoms with Crippen molar-refractivity contribution in [1.29, 1.82) is 0 Å². The first-order valence-electron chi connectivity index (χ1n) is 5.78. The van der Waals surface area contributed by atoms with Crippen LogP contribution in [0.5, 0.6) is 0 Å². The number of amides is 1. The fraction of sp³-hybridized carbons (Fsp3) is 0.250. The molecule has 1 aromatic carbocycles. The highest BCUT2D eigenvalue weighted by Crippen LogP contribution is 2.22. The summed E-state index contributed by atoms with van der Waals surface area (Å²) in [6, 6.07) is 7.55. The second-order valence-corrected chi connectivity index (χ2v) is 4.19. The first kappa shape index (κ1) is 10.8. The number of anilines is 2. The van der Waals surface area contributed by atoms with Gasteiger partial charge < -0.3 is 16.0 Å². The third-order valence-electron chi connectivity index (χ3n) is 2.92. The van der Waals surface area contributed by atoms with Gasteiger partial charge in [0.2, 0.25) is 5.91 Å². The Hall–Kier alpha value is -2.37. The zero-order valence-corrected chi connectivity index (χ0v) is 9.76. The topological polar surface area (TPSA) is 84.1 Å². The number of nitrogens with one attached hydrogen (secondary N) is 1. The maximum absolute atomic E-state index is 11.4. The summed E-state index contributed by atoms with van der Waals surface area (Å²) < 4.78 is 0. The third kappa shape index (κ3) is 1.81. The summed E-state index contributed by atoms with van der Waals surface area (Å²) in [5.41, 5.74) is 7.46.